The van der Waals surface area contributed by atoms with Crippen molar-refractivity contribution in [2.75, 3.05) is 18.1 Å². The van der Waals surface area contributed by atoms with Gasteiger partial charge in [0.1, 0.15) is 9.84 Å². The van der Waals surface area contributed by atoms with Crippen LogP contribution < -0.4 is 0 Å². The molecule has 1 aromatic rings. The van der Waals surface area contributed by atoms with E-state index >= 15 is 0 Å². The fourth-order valence-corrected chi connectivity index (χ4v) is 2.79. The molecule has 4 heteroatoms. The van der Waals surface area contributed by atoms with Crippen molar-refractivity contribution in [2.45, 2.75) is 26.2 Å². The van der Waals surface area contributed by atoms with Gasteiger partial charge < -0.3 is 5.11 Å². The Kier molecular flexibility index (Phi) is 5.15. The van der Waals surface area contributed by atoms with Gasteiger partial charge in [0, 0.05) is 18.3 Å². The molecule has 0 spiro atoms. The average Bonchev–Trinajstić information content (AvgIpc) is 2.32. The number of aliphatic hydroxyl groups is 1. The van der Waals surface area contributed by atoms with Crippen molar-refractivity contribution in [1.82, 2.24) is 0 Å². The molecule has 0 aliphatic carbocycles. The van der Waals surface area contributed by atoms with Crippen LogP contribution in [0.4, 0.5) is 0 Å². The van der Waals surface area contributed by atoms with E-state index in [0.717, 1.165) is 11.1 Å². The Morgan fingerprint density at radius 2 is 1.94 bits per heavy atom. The Bertz CT molecular complexity index is 451. The van der Waals surface area contributed by atoms with Crippen molar-refractivity contribution in [3.8, 4) is 0 Å². The van der Waals surface area contributed by atoms with E-state index in [9.17, 15) is 13.5 Å². The third kappa shape index (κ3) is 4.13. The summed E-state index contributed by atoms with van der Waals surface area (Å²) in [7, 11) is -2.96. The minimum Gasteiger partial charge on any atom is -0.396 e. The molecule has 1 unspecified atom stereocenters. The predicted molar refractivity (Wildman–Crippen MR) is 70.0 cm³/mol. The molecule has 17 heavy (non-hydrogen) atoms. The number of hydrogen-bond acceptors (Lipinski definition) is 3. The Morgan fingerprint density at radius 1 is 1.29 bits per heavy atom. The van der Waals surface area contributed by atoms with Crippen LogP contribution in [0.5, 0.6) is 0 Å². The van der Waals surface area contributed by atoms with Crippen molar-refractivity contribution in [1.29, 1.82) is 0 Å². The van der Waals surface area contributed by atoms with Crippen LogP contribution in [0.15, 0.2) is 24.3 Å². The first-order chi connectivity index (χ1) is 8.00. The lowest BCUT2D eigenvalue weighted by atomic mass is 9.93. The monoisotopic (exact) mass is 256 g/mol. The van der Waals surface area contributed by atoms with Gasteiger partial charge >= 0.3 is 0 Å². The van der Waals surface area contributed by atoms with Crippen LogP contribution in [0, 0.1) is 6.92 Å². The minimum absolute atomic E-state index is 0.00983. The van der Waals surface area contributed by atoms with Gasteiger partial charge in [-0.15, -0.1) is 0 Å². The van der Waals surface area contributed by atoms with Gasteiger partial charge in [0.15, 0.2) is 0 Å². The van der Waals surface area contributed by atoms with E-state index in [0.29, 0.717) is 6.42 Å². The molecule has 96 valence electrons. The second-order valence-corrected chi connectivity index (χ2v) is 6.73. The van der Waals surface area contributed by atoms with Gasteiger partial charge in [0.25, 0.3) is 0 Å². The molecule has 0 saturated carbocycles. The Balaban J connectivity index is 2.77. The molecule has 1 atom stereocenters. The van der Waals surface area contributed by atoms with Gasteiger partial charge in [-0.1, -0.05) is 31.2 Å². The van der Waals surface area contributed by atoms with E-state index in [4.69, 9.17) is 0 Å². The van der Waals surface area contributed by atoms with Crippen molar-refractivity contribution in [2.24, 2.45) is 0 Å². The zero-order chi connectivity index (χ0) is 12.9. The van der Waals surface area contributed by atoms with Crippen LogP contribution in [0.1, 0.15) is 30.4 Å². The van der Waals surface area contributed by atoms with Gasteiger partial charge in [-0.3, -0.25) is 0 Å². The van der Waals surface area contributed by atoms with Crippen LogP contribution in [0.2, 0.25) is 0 Å². The fraction of sp³-hybridized carbons (Fsp3) is 0.538. The Hall–Kier alpha value is -0.870. The highest BCUT2D eigenvalue weighted by atomic mass is 32.2. The van der Waals surface area contributed by atoms with E-state index in [1.165, 1.54) is 0 Å². The van der Waals surface area contributed by atoms with Crippen molar-refractivity contribution < 1.29 is 13.5 Å². The quantitative estimate of drug-likeness (QED) is 0.845. The number of hydrogen-bond donors (Lipinski definition) is 1. The van der Waals surface area contributed by atoms with Gasteiger partial charge in [-0.2, -0.15) is 0 Å². The largest absolute Gasteiger partial charge is 0.396 e. The standard InChI is InChI=1S/C13H20O3S/c1-3-17(15,16)9-8-12(10-14)13-7-5-4-6-11(13)2/h4-7,12,14H,3,8-10H2,1-2H3. The molecule has 1 aromatic carbocycles. The summed E-state index contributed by atoms with van der Waals surface area (Å²) in [5.41, 5.74) is 2.14. The summed E-state index contributed by atoms with van der Waals surface area (Å²) < 4.78 is 22.9. The summed E-state index contributed by atoms with van der Waals surface area (Å²) in [6, 6.07) is 7.79. The second kappa shape index (κ2) is 6.17. The molecule has 1 N–H and O–H groups in total. The Labute approximate surface area is 103 Å². The predicted octanol–water partition coefficient (Wildman–Crippen LogP) is 1.90. The maximum absolute atomic E-state index is 11.5. The van der Waals surface area contributed by atoms with Crippen molar-refractivity contribution >= 4 is 9.84 Å². The summed E-state index contributed by atoms with van der Waals surface area (Å²) in [4.78, 5) is 0. The molecule has 3 nitrogen and oxygen atoms in total. The molecule has 0 radical (unpaired) electrons. The van der Waals surface area contributed by atoms with Gasteiger partial charge in [-0.05, 0) is 24.5 Å². The fourth-order valence-electron chi connectivity index (χ4n) is 1.86. The molecular weight excluding hydrogens is 236 g/mol. The van der Waals surface area contributed by atoms with Gasteiger partial charge in [0.05, 0.1) is 5.75 Å². The van der Waals surface area contributed by atoms with Crippen molar-refractivity contribution in [3.05, 3.63) is 35.4 Å². The number of aliphatic hydroxyl groups excluding tert-OH is 1. The number of rotatable bonds is 6. The molecule has 1 rings (SSSR count). The van der Waals surface area contributed by atoms with E-state index in [1.54, 1.807) is 6.92 Å². The topological polar surface area (TPSA) is 54.4 Å². The zero-order valence-corrected chi connectivity index (χ0v) is 11.2. The lowest BCUT2D eigenvalue weighted by Crippen LogP contribution is -2.15. The highest BCUT2D eigenvalue weighted by molar-refractivity contribution is 7.91. The van der Waals surface area contributed by atoms with Crippen LogP contribution in [0.3, 0.4) is 0 Å². The molecular formula is C13H20O3S. The first-order valence-electron chi connectivity index (χ1n) is 5.87. The number of sulfone groups is 1. The maximum atomic E-state index is 11.5. The minimum atomic E-state index is -2.96. The highest BCUT2D eigenvalue weighted by Gasteiger charge is 2.16. The third-order valence-corrected chi connectivity index (χ3v) is 4.80. The van der Waals surface area contributed by atoms with E-state index in [-0.39, 0.29) is 24.0 Å². The SMILES string of the molecule is CCS(=O)(=O)CCC(CO)c1ccccc1C. The molecule has 0 aromatic heterocycles. The zero-order valence-electron chi connectivity index (χ0n) is 10.4. The number of benzene rings is 1. The molecule has 0 fully saturated rings. The number of aryl methyl sites for hydroxylation is 1. The highest BCUT2D eigenvalue weighted by Crippen LogP contribution is 2.23. The summed E-state index contributed by atoms with van der Waals surface area (Å²) in [5.74, 6) is 0.222. The van der Waals surface area contributed by atoms with Crippen LogP contribution >= 0.6 is 0 Å². The third-order valence-electron chi connectivity index (χ3n) is 3.07. The second-order valence-electron chi connectivity index (χ2n) is 4.26. The molecule has 0 aliphatic rings. The van der Waals surface area contributed by atoms with Gasteiger partial charge in [0.2, 0.25) is 0 Å². The lowest BCUT2D eigenvalue weighted by molar-refractivity contribution is 0.262. The van der Waals surface area contributed by atoms with Crippen LogP contribution in [-0.2, 0) is 9.84 Å². The lowest BCUT2D eigenvalue weighted by Gasteiger charge is -2.16. The average molecular weight is 256 g/mol. The smallest absolute Gasteiger partial charge is 0.150 e. The van der Waals surface area contributed by atoms with E-state index in [2.05, 4.69) is 0 Å². The summed E-state index contributed by atoms with van der Waals surface area (Å²) in [6.45, 7) is 3.62. The summed E-state index contributed by atoms with van der Waals surface area (Å²) in [5, 5.41) is 9.38. The molecule has 0 aliphatic heterocycles. The molecule has 0 heterocycles. The van der Waals surface area contributed by atoms with Crippen LogP contribution in [0.25, 0.3) is 0 Å². The van der Waals surface area contributed by atoms with Gasteiger partial charge in [-0.25, -0.2) is 8.42 Å². The first-order valence-corrected chi connectivity index (χ1v) is 7.69. The van der Waals surface area contributed by atoms with Crippen LogP contribution in [-0.4, -0.2) is 31.6 Å². The molecule has 0 amide bonds. The van der Waals surface area contributed by atoms with E-state index < -0.39 is 9.84 Å². The molecule has 0 bridgehead atoms. The van der Waals surface area contributed by atoms with Crippen molar-refractivity contribution in [3.63, 3.8) is 0 Å². The maximum Gasteiger partial charge on any atom is 0.150 e. The normalized spacial score (nSPS) is 13.6. The van der Waals surface area contributed by atoms with E-state index in [1.807, 2.05) is 31.2 Å². The first kappa shape index (κ1) is 14.2. The summed E-state index contributed by atoms with van der Waals surface area (Å²) in [6.07, 6.45) is 0.484. The Morgan fingerprint density at radius 3 is 2.47 bits per heavy atom. The molecule has 0 saturated heterocycles. The summed E-state index contributed by atoms with van der Waals surface area (Å²) >= 11 is 0.